The zero-order valence-corrected chi connectivity index (χ0v) is 14.0. The first-order valence-corrected chi connectivity index (χ1v) is 9.47. The number of sulfonamides is 1. The Hall–Kier alpha value is -0.950. The maximum Gasteiger partial charge on any atom is 0.240 e. The standard InChI is InChI=1S/C16H25N3O2S/c1-17-22(20,21)15-4-2-14(3-5-15)12-19-11-8-16(13-19)6-9-18-10-7-16/h2-5,17-18H,6-13H2,1H3. The van der Waals surface area contributed by atoms with Crippen molar-refractivity contribution in [3.8, 4) is 0 Å². The molecule has 0 atom stereocenters. The first-order valence-electron chi connectivity index (χ1n) is 7.99. The third kappa shape index (κ3) is 3.35. The van der Waals surface area contributed by atoms with Crippen molar-refractivity contribution in [1.82, 2.24) is 14.9 Å². The summed E-state index contributed by atoms with van der Waals surface area (Å²) in [6, 6.07) is 7.24. The fourth-order valence-electron chi connectivity index (χ4n) is 3.68. The molecule has 0 aliphatic carbocycles. The van der Waals surface area contributed by atoms with E-state index >= 15 is 0 Å². The molecule has 0 aromatic heterocycles. The van der Waals surface area contributed by atoms with Crippen LogP contribution < -0.4 is 10.0 Å². The fourth-order valence-corrected chi connectivity index (χ4v) is 4.41. The van der Waals surface area contributed by atoms with Crippen LogP contribution in [0.15, 0.2) is 29.2 Å². The van der Waals surface area contributed by atoms with Gasteiger partial charge in [0.1, 0.15) is 0 Å². The summed E-state index contributed by atoms with van der Waals surface area (Å²) >= 11 is 0. The van der Waals surface area contributed by atoms with Gasteiger partial charge in [0.15, 0.2) is 0 Å². The lowest BCUT2D eigenvalue weighted by Gasteiger charge is -2.33. The Balaban J connectivity index is 1.62. The van der Waals surface area contributed by atoms with Gasteiger partial charge in [-0.15, -0.1) is 0 Å². The van der Waals surface area contributed by atoms with Crippen molar-refractivity contribution in [2.45, 2.75) is 30.7 Å². The van der Waals surface area contributed by atoms with Gasteiger partial charge in [0.05, 0.1) is 4.90 Å². The monoisotopic (exact) mass is 323 g/mol. The second-order valence-corrected chi connectivity index (χ2v) is 8.45. The third-order valence-corrected chi connectivity index (χ3v) is 6.52. The van der Waals surface area contributed by atoms with E-state index in [1.165, 1.54) is 38.4 Å². The highest BCUT2D eigenvalue weighted by Gasteiger charge is 2.38. The van der Waals surface area contributed by atoms with Crippen LogP contribution in [-0.4, -0.2) is 46.5 Å². The second kappa shape index (κ2) is 6.28. The summed E-state index contributed by atoms with van der Waals surface area (Å²) in [5.74, 6) is 0. The van der Waals surface area contributed by atoms with Crippen LogP contribution in [0.25, 0.3) is 0 Å². The van der Waals surface area contributed by atoms with E-state index in [-0.39, 0.29) is 0 Å². The minimum Gasteiger partial charge on any atom is -0.317 e. The van der Waals surface area contributed by atoms with Crippen LogP contribution in [0.3, 0.4) is 0 Å². The Labute approximate surface area is 133 Å². The molecule has 2 aliphatic heterocycles. The lowest BCUT2D eigenvalue weighted by Crippen LogP contribution is -2.38. The van der Waals surface area contributed by atoms with Crippen molar-refractivity contribution in [3.05, 3.63) is 29.8 Å². The molecule has 5 nitrogen and oxygen atoms in total. The van der Waals surface area contributed by atoms with Crippen LogP contribution in [0, 0.1) is 5.41 Å². The molecule has 6 heteroatoms. The van der Waals surface area contributed by atoms with E-state index in [2.05, 4.69) is 14.9 Å². The first-order chi connectivity index (χ1) is 10.5. The molecule has 0 bridgehead atoms. The molecule has 2 saturated heterocycles. The quantitative estimate of drug-likeness (QED) is 0.873. The Kier molecular flexibility index (Phi) is 4.54. The third-order valence-electron chi connectivity index (χ3n) is 5.09. The van der Waals surface area contributed by atoms with Crippen LogP contribution in [0.2, 0.25) is 0 Å². The molecule has 1 aromatic rings. The van der Waals surface area contributed by atoms with E-state index < -0.39 is 10.0 Å². The Morgan fingerprint density at radius 1 is 1.18 bits per heavy atom. The minimum absolute atomic E-state index is 0.329. The molecule has 0 saturated carbocycles. The predicted molar refractivity (Wildman–Crippen MR) is 87.1 cm³/mol. The summed E-state index contributed by atoms with van der Waals surface area (Å²) in [5, 5.41) is 3.44. The normalized spacial score (nSPS) is 22.2. The van der Waals surface area contributed by atoms with Crippen LogP contribution in [0.4, 0.5) is 0 Å². The number of likely N-dealkylation sites (tertiary alicyclic amines) is 1. The highest BCUT2D eigenvalue weighted by atomic mass is 32.2. The molecule has 22 heavy (non-hydrogen) atoms. The van der Waals surface area contributed by atoms with E-state index in [4.69, 9.17) is 0 Å². The Bertz CT molecular complexity index is 607. The largest absolute Gasteiger partial charge is 0.317 e. The smallest absolute Gasteiger partial charge is 0.240 e. The van der Waals surface area contributed by atoms with Gasteiger partial charge in [0.25, 0.3) is 0 Å². The van der Waals surface area contributed by atoms with Gasteiger partial charge >= 0.3 is 0 Å². The molecule has 3 rings (SSSR count). The van der Waals surface area contributed by atoms with Crippen molar-refractivity contribution in [3.63, 3.8) is 0 Å². The van der Waals surface area contributed by atoms with Gasteiger partial charge < -0.3 is 5.32 Å². The van der Waals surface area contributed by atoms with Crippen LogP contribution in [-0.2, 0) is 16.6 Å². The van der Waals surface area contributed by atoms with Crippen LogP contribution in [0.1, 0.15) is 24.8 Å². The maximum atomic E-state index is 11.7. The zero-order chi connectivity index (χ0) is 15.6. The van der Waals surface area contributed by atoms with E-state index in [9.17, 15) is 8.42 Å². The first kappa shape index (κ1) is 15.9. The van der Waals surface area contributed by atoms with Gasteiger partial charge in [-0.3, -0.25) is 4.90 Å². The number of hydrogen-bond acceptors (Lipinski definition) is 4. The highest BCUT2D eigenvalue weighted by Crippen LogP contribution is 2.38. The van der Waals surface area contributed by atoms with Crippen molar-refractivity contribution in [1.29, 1.82) is 0 Å². The molecule has 1 spiro atoms. The zero-order valence-electron chi connectivity index (χ0n) is 13.1. The average molecular weight is 323 g/mol. The Morgan fingerprint density at radius 3 is 2.50 bits per heavy atom. The van der Waals surface area contributed by atoms with Gasteiger partial charge in [-0.05, 0) is 69.1 Å². The number of piperidine rings is 1. The molecule has 0 unspecified atom stereocenters. The number of rotatable bonds is 4. The lowest BCUT2D eigenvalue weighted by molar-refractivity contribution is 0.194. The molecular weight excluding hydrogens is 298 g/mol. The summed E-state index contributed by atoms with van der Waals surface area (Å²) in [6.45, 7) is 5.52. The molecule has 0 amide bonds. The van der Waals surface area contributed by atoms with Gasteiger partial charge in [-0.2, -0.15) is 0 Å². The average Bonchev–Trinajstić information content (AvgIpc) is 2.91. The minimum atomic E-state index is -3.34. The number of nitrogens with one attached hydrogen (secondary N) is 2. The second-order valence-electron chi connectivity index (χ2n) is 6.56. The summed E-state index contributed by atoms with van der Waals surface area (Å²) in [4.78, 5) is 2.84. The molecular formula is C16H25N3O2S. The van der Waals surface area contributed by atoms with E-state index in [1.807, 2.05) is 12.1 Å². The summed E-state index contributed by atoms with van der Waals surface area (Å²) in [7, 11) is -1.90. The maximum absolute atomic E-state index is 11.7. The molecule has 2 fully saturated rings. The molecule has 0 radical (unpaired) electrons. The summed E-state index contributed by atoms with van der Waals surface area (Å²) < 4.78 is 25.8. The predicted octanol–water partition coefficient (Wildman–Crippen LogP) is 1.17. The van der Waals surface area contributed by atoms with E-state index in [0.717, 1.165) is 26.2 Å². The van der Waals surface area contributed by atoms with Gasteiger partial charge in [-0.1, -0.05) is 12.1 Å². The lowest BCUT2D eigenvalue weighted by atomic mass is 9.78. The van der Waals surface area contributed by atoms with Crippen molar-refractivity contribution in [2.24, 2.45) is 5.41 Å². The topological polar surface area (TPSA) is 61.4 Å². The molecule has 2 aliphatic rings. The van der Waals surface area contributed by atoms with Crippen LogP contribution >= 0.6 is 0 Å². The molecule has 2 N–H and O–H groups in total. The Morgan fingerprint density at radius 2 is 1.86 bits per heavy atom. The van der Waals surface area contributed by atoms with Gasteiger partial charge in [0, 0.05) is 13.1 Å². The number of nitrogens with zero attached hydrogens (tertiary/aromatic N) is 1. The molecule has 122 valence electrons. The summed E-state index contributed by atoms with van der Waals surface area (Å²) in [5.41, 5.74) is 1.70. The number of benzene rings is 1. The summed E-state index contributed by atoms with van der Waals surface area (Å²) in [6.07, 6.45) is 3.85. The van der Waals surface area contributed by atoms with Crippen molar-refractivity contribution in [2.75, 3.05) is 33.2 Å². The van der Waals surface area contributed by atoms with Crippen molar-refractivity contribution < 1.29 is 8.42 Å². The van der Waals surface area contributed by atoms with E-state index in [1.54, 1.807) is 12.1 Å². The number of hydrogen-bond donors (Lipinski definition) is 2. The van der Waals surface area contributed by atoms with Crippen molar-refractivity contribution >= 4 is 10.0 Å². The molecule has 2 heterocycles. The van der Waals surface area contributed by atoms with E-state index in [0.29, 0.717) is 10.3 Å². The highest BCUT2D eigenvalue weighted by molar-refractivity contribution is 7.89. The van der Waals surface area contributed by atoms with Gasteiger partial charge in [0.2, 0.25) is 10.0 Å². The SMILES string of the molecule is CNS(=O)(=O)c1ccc(CN2CCC3(CCNCC3)C2)cc1. The molecule has 1 aromatic carbocycles. The van der Waals surface area contributed by atoms with Gasteiger partial charge in [-0.25, -0.2) is 13.1 Å². The van der Waals surface area contributed by atoms with Crippen LogP contribution in [0.5, 0.6) is 0 Å². The fraction of sp³-hybridized carbons (Fsp3) is 0.625.